The monoisotopic (exact) mass is 332 g/mol. The summed E-state index contributed by atoms with van der Waals surface area (Å²) in [5, 5.41) is 20.7. The molecular formula is C13H17FN2O5S. The highest BCUT2D eigenvalue weighted by atomic mass is 32.2. The average molecular weight is 332 g/mol. The Bertz CT molecular complexity index is 692. The summed E-state index contributed by atoms with van der Waals surface area (Å²) in [7, 11) is -3.90. The van der Waals surface area contributed by atoms with Gasteiger partial charge in [0.15, 0.2) is 9.84 Å². The molecule has 7 nitrogen and oxygen atoms in total. The summed E-state index contributed by atoms with van der Waals surface area (Å²) in [6.07, 6.45) is 3.08. The zero-order valence-corrected chi connectivity index (χ0v) is 12.8. The van der Waals surface area contributed by atoms with Gasteiger partial charge in [-0.1, -0.05) is 0 Å². The molecule has 1 unspecified atom stereocenters. The molecule has 2 rings (SSSR count). The van der Waals surface area contributed by atoms with Gasteiger partial charge in [0.2, 0.25) is 0 Å². The first-order chi connectivity index (χ1) is 10.3. The van der Waals surface area contributed by atoms with Crippen molar-refractivity contribution in [2.75, 3.05) is 24.3 Å². The van der Waals surface area contributed by atoms with Crippen LogP contribution in [0.1, 0.15) is 19.3 Å². The van der Waals surface area contributed by atoms with Crippen molar-refractivity contribution in [1.82, 2.24) is 0 Å². The number of hydrogen-bond donors (Lipinski definition) is 1. The minimum absolute atomic E-state index is 0.00801. The number of aliphatic hydroxyl groups is 1. The molecule has 1 saturated heterocycles. The molecular weight excluding hydrogens is 315 g/mol. The molecule has 9 heteroatoms. The zero-order valence-electron chi connectivity index (χ0n) is 12.0. The van der Waals surface area contributed by atoms with E-state index in [1.54, 1.807) is 4.90 Å². The average Bonchev–Trinajstić information content (AvgIpc) is 2.45. The molecule has 0 radical (unpaired) electrons. The largest absolute Gasteiger partial charge is 0.394 e. The van der Waals surface area contributed by atoms with E-state index in [1.165, 1.54) is 0 Å². The fourth-order valence-electron chi connectivity index (χ4n) is 2.70. The van der Waals surface area contributed by atoms with Crippen molar-refractivity contribution in [2.24, 2.45) is 0 Å². The Balaban J connectivity index is 2.60. The molecule has 1 aliphatic rings. The van der Waals surface area contributed by atoms with Crippen LogP contribution < -0.4 is 4.90 Å². The number of hydrogen-bond acceptors (Lipinski definition) is 6. The van der Waals surface area contributed by atoms with Gasteiger partial charge in [0.1, 0.15) is 16.4 Å². The normalized spacial score (nSPS) is 19.2. The highest BCUT2D eigenvalue weighted by molar-refractivity contribution is 7.90. The number of anilines is 1. The maximum absolute atomic E-state index is 14.1. The second-order valence-electron chi connectivity index (χ2n) is 5.33. The van der Waals surface area contributed by atoms with E-state index in [2.05, 4.69) is 0 Å². The fraction of sp³-hybridized carbons (Fsp3) is 0.538. The Labute approximate surface area is 127 Å². The number of rotatable bonds is 4. The number of nitro groups is 1. The third-order valence-electron chi connectivity index (χ3n) is 3.77. The number of nitrogens with zero attached hydrogens (tertiary/aromatic N) is 2. The second-order valence-corrected chi connectivity index (χ2v) is 7.31. The molecule has 22 heavy (non-hydrogen) atoms. The van der Waals surface area contributed by atoms with Crippen LogP contribution in [-0.4, -0.2) is 43.9 Å². The first-order valence-electron chi connectivity index (χ1n) is 6.81. The Kier molecular flexibility index (Phi) is 4.66. The van der Waals surface area contributed by atoms with Gasteiger partial charge in [-0.2, -0.15) is 0 Å². The zero-order chi connectivity index (χ0) is 16.5. The van der Waals surface area contributed by atoms with Gasteiger partial charge in [0, 0.05) is 24.9 Å². The molecule has 1 heterocycles. The predicted octanol–water partition coefficient (Wildman–Crippen LogP) is 1.49. The molecule has 1 aliphatic heterocycles. The van der Waals surface area contributed by atoms with Gasteiger partial charge in [-0.05, 0) is 19.3 Å². The number of piperidine rings is 1. The lowest BCUT2D eigenvalue weighted by Crippen LogP contribution is -2.42. The molecule has 0 saturated carbocycles. The predicted molar refractivity (Wildman–Crippen MR) is 78.2 cm³/mol. The molecule has 122 valence electrons. The SMILES string of the molecule is CS(=O)(=O)c1cc([N+](=O)[O-])c(N2CCCCC2CO)cc1F. The van der Waals surface area contributed by atoms with Gasteiger partial charge < -0.3 is 10.0 Å². The lowest BCUT2D eigenvalue weighted by molar-refractivity contribution is -0.384. The molecule has 1 N–H and O–H groups in total. The van der Waals surface area contributed by atoms with Gasteiger partial charge in [0.25, 0.3) is 5.69 Å². The minimum Gasteiger partial charge on any atom is -0.394 e. The van der Waals surface area contributed by atoms with Crippen molar-refractivity contribution in [2.45, 2.75) is 30.2 Å². The van der Waals surface area contributed by atoms with E-state index in [1.807, 2.05) is 0 Å². The van der Waals surface area contributed by atoms with Gasteiger partial charge in [-0.25, -0.2) is 12.8 Å². The Hall–Kier alpha value is -1.74. The summed E-state index contributed by atoms with van der Waals surface area (Å²) in [4.78, 5) is 11.4. The summed E-state index contributed by atoms with van der Waals surface area (Å²) in [6.45, 7) is 0.246. The van der Waals surface area contributed by atoms with Crippen LogP contribution in [0, 0.1) is 15.9 Å². The topological polar surface area (TPSA) is 101 Å². The van der Waals surface area contributed by atoms with Gasteiger partial charge in [-0.3, -0.25) is 10.1 Å². The Morgan fingerprint density at radius 3 is 2.68 bits per heavy atom. The summed E-state index contributed by atoms with van der Waals surface area (Å²) in [6, 6.07) is 1.29. The molecule has 1 aromatic rings. The number of halogens is 1. The molecule has 0 amide bonds. The number of nitro benzene ring substituents is 1. The van der Waals surface area contributed by atoms with Crippen LogP contribution >= 0.6 is 0 Å². The van der Waals surface area contributed by atoms with Crippen molar-refractivity contribution in [1.29, 1.82) is 0 Å². The van der Waals surface area contributed by atoms with Gasteiger partial charge >= 0.3 is 0 Å². The molecule has 1 atom stereocenters. The molecule has 0 aliphatic carbocycles. The van der Waals surface area contributed by atoms with E-state index in [-0.39, 0.29) is 18.3 Å². The standard InChI is InChI=1S/C13H17FN2O5S/c1-22(20,21)13-7-12(16(18)19)11(6-10(13)14)15-5-3-2-4-9(15)8-17/h6-7,9,17H,2-5,8H2,1H3. The summed E-state index contributed by atoms with van der Waals surface area (Å²) >= 11 is 0. The number of sulfone groups is 1. The van der Waals surface area contributed by atoms with Crippen LogP contribution in [0.3, 0.4) is 0 Å². The highest BCUT2D eigenvalue weighted by Crippen LogP contribution is 2.36. The van der Waals surface area contributed by atoms with Crippen molar-refractivity contribution in [3.8, 4) is 0 Å². The quantitative estimate of drug-likeness (QED) is 0.662. The molecule has 0 bridgehead atoms. The highest BCUT2D eigenvalue weighted by Gasteiger charge is 2.31. The van der Waals surface area contributed by atoms with E-state index in [0.717, 1.165) is 31.2 Å². The Morgan fingerprint density at radius 2 is 2.14 bits per heavy atom. The molecule has 1 aromatic carbocycles. The molecule has 0 spiro atoms. The van der Waals surface area contributed by atoms with Crippen molar-refractivity contribution in [3.63, 3.8) is 0 Å². The summed E-state index contributed by atoms with van der Waals surface area (Å²) < 4.78 is 37.1. The maximum atomic E-state index is 14.1. The van der Waals surface area contributed by atoms with Gasteiger partial charge in [0.05, 0.1) is 17.6 Å². The van der Waals surface area contributed by atoms with Gasteiger partial charge in [-0.15, -0.1) is 0 Å². The molecule has 0 aromatic heterocycles. The van der Waals surface area contributed by atoms with E-state index in [9.17, 15) is 28.0 Å². The van der Waals surface area contributed by atoms with Crippen LogP contribution in [0.2, 0.25) is 0 Å². The third kappa shape index (κ3) is 3.20. The number of aliphatic hydroxyl groups excluding tert-OH is 1. The van der Waals surface area contributed by atoms with E-state index in [4.69, 9.17) is 0 Å². The third-order valence-corrected chi connectivity index (χ3v) is 4.88. The van der Waals surface area contributed by atoms with E-state index >= 15 is 0 Å². The van der Waals surface area contributed by atoms with Crippen molar-refractivity contribution in [3.05, 3.63) is 28.1 Å². The number of benzene rings is 1. The smallest absolute Gasteiger partial charge is 0.294 e. The van der Waals surface area contributed by atoms with E-state index < -0.39 is 31.2 Å². The Morgan fingerprint density at radius 1 is 1.45 bits per heavy atom. The van der Waals surface area contributed by atoms with Crippen molar-refractivity contribution < 1.29 is 22.8 Å². The lowest BCUT2D eigenvalue weighted by atomic mass is 10.0. The van der Waals surface area contributed by atoms with Crippen LogP contribution in [0.5, 0.6) is 0 Å². The second kappa shape index (κ2) is 6.17. The van der Waals surface area contributed by atoms with Crippen molar-refractivity contribution >= 4 is 21.2 Å². The fourth-order valence-corrected chi connectivity index (χ4v) is 3.44. The molecule has 1 fully saturated rings. The van der Waals surface area contributed by atoms with Crippen LogP contribution in [0.25, 0.3) is 0 Å². The minimum atomic E-state index is -3.90. The first kappa shape index (κ1) is 16.6. The van der Waals surface area contributed by atoms with E-state index in [0.29, 0.717) is 13.0 Å². The summed E-state index contributed by atoms with van der Waals surface area (Å²) in [5.41, 5.74) is -0.462. The maximum Gasteiger partial charge on any atom is 0.294 e. The first-order valence-corrected chi connectivity index (χ1v) is 8.70. The van der Waals surface area contributed by atoms with Crippen LogP contribution in [0.15, 0.2) is 17.0 Å². The van der Waals surface area contributed by atoms with Crippen LogP contribution in [0.4, 0.5) is 15.8 Å². The van der Waals surface area contributed by atoms with Crippen LogP contribution in [-0.2, 0) is 9.84 Å². The summed E-state index contributed by atoms with van der Waals surface area (Å²) in [5.74, 6) is -1.02. The lowest BCUT2D eigenvalue weighted by Gasteiger charge is -2.36.